The van der Waals surface area contributed by atoms with Gasteiger partial charge in [-0.2, -0.15) is 0 Å². The summed E-state index contributed by atoms with van der Waals surface area (Å²) in [5.41, 5.74) is 3.38. The van der Waals surface area contributed by atoms with Crippen LogP contribution in [0.15, 0.2) is 73.1 Å². The molecule has 1 fully saturated rings. The van der Waals surface area contributed by atoms with Crippen LogP contribution >= 0.6 is 0 Å². The molecule has 2 aromatic carbocycles. The van der Waals surface area contributed by atoms with Crippen molar-refractivity contribution >= 4 is 28.5 Å². The van der Waals surface area contributed by atoms with Crippen LogP contribution < -0.4 is 4.74 Å². The third-order valence-electron chi connectivity index (χ3n) is 6.50. The number of ketones is 1. The highest BCUT2D eigenvalue weighted by Gasteiger charge is 2.31. The number of nitrogens with one attached hydrogen (secondary N) is 1. The highest BCUT2D eigenvalue weighted by molar-refractivity contribution is 6.45. The van der Waals surface area contributed by atoms with Crippen molar-refractivity contribution in [2.75, 3.05) is 33.3 Å². The molecule has 1 aliphatic heterocycles. The number of methoxy groups -OCH3 is 1. The zero-order valence-corrected chi connectivity index (χ0v) is 19.9. The van der Waals surface area contributed by atoms with Gasteiger partial charge in [0.2, 0.25) is 5.88 Å². The minimum atomic E-state index is -0.591. The van der Waals surface area contributed by atoms with Gasteiger partial charge >= 0.3 is 0 Å². The lowest BCUT2D eigenvalue weighted by Gasteiger charge is -2.34. The van der Waals surface area contributed by atoms with Crippen LogP contribution in [-0.2, 0) is 11.2 Å². The molecule has 3 heterocycles. The number of piperazine rings is 1. The summed E-state index contributed by atoms with van der Waals surface area (Å²) >= 11 is 0. The van der Waals surface area contributed by atoms with Gasteiger partial charge in [0, 0.05) is 49.5 Å². The molecule has 182 valence electrons. The molecule has 2 amide bonds. The van der Waals surface area contributed by atoms with Gasteiger partial charge in [-0.1, -0.05) is 48.5 Å². The summed E-state index contributed by atoms with van der Waals surface area (Å²) in [6.45, 7) is 1.34. The van der Waals surface area contributed by atoms with E-state index in [0.717, 1.165) is 11.1 Å². The number of hydrogen-bond donors (Lipinski definition) is 1. The maximum Gasteiger partial charge on any atom is 0.295 e. The summed E-state index contributed by atoms with van der Waals surface area (Å²) in [6, 6.07) is 18.9. The van der Waals surface area contributed by atoms with Crippen molar-refractivity contribution in [1.82, 2.24) is 19.8 Å². The van der Waals surface area contributed by atoms with E-state index in [1.54, 1.807) is 29.4 Å². The fourth-order valence-corrected chi connectivity index (χ4v) is 4.61. The average molecular weight is 483 g/mol. The minimum absolute atomic E-state index is 0.0733. The average Bonchev–Trinajstić information content (AvgIpc) is 3.39. The van der Waals surface area contributed by atoms with Crippen molar-refractivity contribution in [2.24, 2.45) is 0 Å². The molecule has 0 bridgehead atoms. The van der Waals surface area contributed by atoms with E-state index in [2.05, 4.69) is 9.97 Å². The number of carbonyl (C=O) groups is 3. The number of aromatic amines is 1. The summed E-state index contributed by atoms with van der Waals surface area (Å²) < 4.78 is 5.39. The molecule has 0 saturated carbocycles. The van der Waals surface area contributed by atoms with Crippen LogP contribution in [-0.4, -0.2) is 70.7 Å². The smallest absolute Gasteiger partial charge is 0.295 e. The Morgan fingerprint density at radius 2 is 1.56 bits per heavy atom. The quantitative estimate of drug-likeness (QED) is 0.336. The molecule has 1 N–H and O–H groups in total. The molecule has 1 aliphatic rings. The number of rotatable bonds is 6. The van der Waals surface area contributed by atoms with Crippen molar-refractivity contribution in [3.05, 3.63) is 95.3 Å². The van der Waals surface area contributed by atoms with Crippen molar-refractivity contribution in [2.45, 2.75) is 6.42 Å². The fraction of sp³-hybridized carbons (Fsp3) is 0.214. The number of nitrogens with zero attached hydrogens (tertiary/aromatic N) is 3. The number of benzene rings is 2. The molecular weight excluding hydrogens is 456 g/mol. The number of pyridine rings is 1. The Labute approximate surface area is 208 Å². The lowest BCUT2D eigenvalue weighted by molar-refractivity contribution is -0.127. The largest absolute Gasteiger partial charge is 0.479 e. The molecule has 0 unspecified atom stereocenters. The Hall–Kier alpha value is -4.46. The first-order valence-electron chi connectivity index (χ1n) is 11.8. The number of aromatic nitrogens is 2. The van der Waals surface area contributed by atoms with E-state index < -0.39 is 11.7 Å². The van der Waals surface area contributed by atoms with E-state index in [-0.39, 0.29) is 5.91 Å². The Morgan fingerprint density at radius 3 is 2.22 bits per heavy atom. The molecule has 5 rings (SSSR count). The van der Waals surface area contributed by atoms with E-state index in [4.69, 9.17) is 4.74 Å². The van der Waals surface area contributed by atoms with E-state index in [1.807, 2.05) is 48.5 Å². The summed E-state index contributed by atoms with van der Waals surface area (Å²) in [4.78, 5) is 50.0. The van der Waals surface area contributed by atoms with E-state index in [1.165, 1.54) is 12.0 Å². The van der Waals surface area contributed by atoms with Gasteiger partial charge in [0.1, 0.15) is 5.52 Å². The molecule has 2 aromatic heterocycles. The predicted octanol–water partition coefficient (Wildman–Crippen LogP) is 3.33. The van der Waals surface area contributed by atoms with Crippen molar-refractivity contribution in [1.29, 1.82) is 0 Å². The molecule has 0 aliphatic carbocycles. The van der Waals surface area contributed by atoms with Crippen LogP contribution in [0.3, 0.4) is 0 Å². The predicted molar refractivity (Wildman–Crippen MR) is 135 cm³/mol. The monoisotopic (exact) mass is 482 g/mol. The van der Waals surface area contributed by atoms with Gasteiger partial charge in [0.05, 0.1) is 12.7 Å². The fourth-order valence-electron chi connectivity index (χ4n) is 4.61. The third-order valence-corrected chi connectivity index (χ3v) is 6.50. The number of amides is 2. The summed E-state index contributed by atoms with van der Waals surface area (Å²) in [7, 11) is 1.52. The van der Waals surface area contributed by atoms with Crippen LogP contribution in [0.2, 0.25) is 0 Å². The SMILES string of the molecule is COc1ncc(Cc2ccccc2)c2c(C(=O)C(=O)N3CCN(C(=O)c4ccccc4)CC3)c[nH]c12. The molecule has 8 nitrogen and oxygen atoms in total. The van der Waals surface area contributed by atoms with Crippen LogP contribution in [0.5, 0.6) is 5.88 Å². The van der Waals surface area contributed by atoms with Gasteiger partial charge in [-0.25, -0.2) is 4.98 Å². The zero-order chi connectivity index (χ0) is 25.1. The second kappa shape index (κ2) is 10.0. The maximum atomic E-state index is 13.4. The number of Topliss-reactive ketones (excluding diaryl/α,β-unsaturated/α-hetero) is 1. The summed E-state index contributed by atoms with van der Waals surface area (Å²) in [5, 5.41) is 0.641. The maximum absolute atomic E-state index is 13.4. The molecule has 0 spiro atoms. The Balaban J connectivity index is 1.36. The van der Waals surface area contributed by atoms with Gasteiger partial charge in [-0.3, -0.25) is 14.4 Å². The lowest BCUT2D eigenvalue weighted by Crippen LogP contribution is -2.52. The first kappa shape index (κ1) is 23.3. The topological polar surface area (TPSA) is 95.6 Å². The van der Waals surface area contributed by atoms with Crippen molar-refractivity contribution in [3.8, 4) is 5.88 Å². The lowest BCUT2D eigenvalue weighted by atomic mass is 9.99. The summed E-state index contributed by atoms with van der Waals surface area (Å²) in [6.07, 6.45) is 3.80. The number of hydrogen-bond acceptors (Lipinski definition) is 5. The molecule has 1 saturated heterocycles. The van der Waals surface area contributed by atoms with Crippen molar-refractivity contribution < 1.29 is 19.1 Å². The number of H-pyrrole nitrogens is 1. The number of ether oxygens (including phenoxy) is 1. The van der Waals surface area contributed by atoms with Gasteiger partial charge in [0.15, 0.2) is 0 Å². The van der Waals surface area contributed by atoms with Crippen LogP contribution in [0.4, 0.5) is 0 Å². The normalized spacial score (nSPS) is 13.6. The Morgan fingerprint density at radius 1 is 0.917 bits per heavy atom. The van der Waals surface area contributed by atoms with Gasteiger partial charge in [-0.05, 0) is 29.7 Å². The first-order chi connectivity index (χ1) is 17.6. The molecule has 4 aromatic rings. The molecule has 0 atom stereocenters. The second-order valence-electron chi connectivity index (χ2n) is 8.69. The molecular formula is C28H26N4O4. The van der Waals surface area contributed by atoms with E-state index >= 15 is 0 Å². The minimum Gasteiger partial charge on any atom is -0.479 e. The van der Waals surface area contributed by atoms with Crippen LogP contribution in [0.1, 0.15) is 31.8 Å². The van der Waals surface area contributed by atoms with E-state index in [0.29, 0.717) is 60.5 Å². The molecule has 36 heavy (non-hydrogen) atoms. The molecule has 8 heteroatoms. The van der Waals surface area contributed by atoms with Crippen LogP contribution in [0, 0.1) is 0 Å². The standard InChI is InChI=1S/C28H26N4O4/c1-36-26-24-23(21(17-30-26)16-19-8-4-2-5-9-19)22(18-29-24)25(33)28(35)32-14-12-31(13-15-32)27(34)20-10-6-3-7-11-20/h2-11,17-18,29H,12-16H2,1H3. The van der Waals surface area contributed by atoms with Gasteiger partial charge < -0.3 is 19.5 Å². The van der Waals surface area contributed by atoms with E-state index in [9.17, 15) is 14.4 Å². The third kappa shape index (κ3) is 4.45. The van der Waals surface area contributed by atoms with Crippen molar-refractivity contribution in [3.63, 3.8) is 0 Å². The second-order valence-corrected chi connectivity index (χ2v) is 8.69. The molecule has 0 radical (unpaired) electrons. The zero-order valence-electron chi connectivity index (χ0n) is 19.9. The van der Waals surface area contributed by atoms with Gasteiger partial charge in [0.25, 0.3) is 17.6 Å². The number of fused-ring (bicyclic) bond motifs is 1. The Bertz CT molecular complexity index is 1410. The Kier molecular flexibility index (Phi) is 6.49. The highest BCUT2D eigenvalue weighted by atomic mass is 16.5. The van der Waals surface area contributed by atoms with Crippen LogP contribution in [0.25, 0.3) is 10.9 Å². The number of carbonyl (C=O) groups excluding carboxylic acids is 3. The first-order valence-corrected chi connectivity index (χ1v) is 11.8. The van der Waals surface area contributed by atoms with Gasteiger partial charge in [-0.15, -0.1) is 0 Å². The summed E-state index contributed by atoms with van der Waals surface area (Å²) in [5.74, 6) is -0.882. The highest BCUT2D eigenvalue weighted by Crippen LogP contribution is 2.30.